The van der Waals surface area contributed by atoms with Gasteiger partial charge < -0.3 is 15.1 Å². The molecule has 0 atom stereocenters. The van der Waals surface area contributed by atoms with Crippen LogP contribution in [0.5, 0.6) is 0 Å². The van der Waals surface area contributed by atoms with Gasteiger partial charge in [-0.15, -0.1) is 0 Å². The largest absolute Gasteiger partial charge is 0.351 e. The van der Waals surface area contributed by atoms with E-state index in [1.807, 2.05) is 4.90 Å². The summed E-state index contributed by atoms with van der Waals surface area (Å²) in [6, 6.07) is 3.94. The lowest BCUT2D eigenvalue weighted by Gasteiger charge is -2.34. The van der Waals surface area contributed by atoms with Gasteiger partial charge >= 0.3 is 0 Å². The second-order valence-electron chi connectivity index (χ2n) is 5.45. The first-order valence-corrected chi connectivity index (χ1v) is 8.54. The molecule has 2 rings (SSSR count). The van der Waals surface area contributed by atoms with Crippen molar-refractivity contribution in [1.82, 2.24) is 15.1 Å². The van der Waals surface area contributed by atoms with Crippen LogP contribution in [0.2, 0.25) is 0 Å². The van der Waals surface area contributed by atoms with Crippen molar-refractivity contribution in [1.29, 1.82) is 0 Å². The van der Waals surface area contributed by atoms with E-state index >= 15 is 0 Å². The van der Waals surface area contributed by atoms with Gasteiger partial charge in [0.2, 0.25) is 5.91 Å². The van der Waals surface area contributed by atoms with Gasteiger partial charge in [0.1, 0.15) is 5.82 Å². The van der Waals surface area contributed by atoms with Crippen LogP contribution >= 0.6 is 15.9 Å². The highest BCUT2D eigenvalue weighted by Crippen LogP contribution is 2.17. The van der Waals surface area contributed by atoms with Crippen molar-refractivity contribution in [3.8, 4) is 0 Å². The summed E-state index contributed by atoms with van der Waals surface area (Å²) in [4.78, 5) is 28.3. The zero-order chi connectivity index (χ0) is 16.8. The van der Waals surface area contributed by atoms with E-state index in [9.17, 15) is 14.0 Å². The van der Waals surface area contributed by atoms with Gasteiger partial charge in [-0.2, -0.15) is 0 Å². The van der Waals surface area contributed by atoms with Crippen LogP contribution in [0.25, 0.3) is 0 Å². The van der Waals surface area contributed by atoms with Gasteiger partial charge in [0, 0.05) is 43.6 Å². The maximum atomic E-state index is 13.2. The number of nitrogens with zero attached hydrogens (tertiary/aromatic N) is 2. The molecule has 1 aromatic carbocycles. The molecule has 1 fully saturated rings. The van der Waals surface area contributed by atoms with Crippen molar-refractivity contribution in [3.63, 3.8) is 0 Å². The topological polar surface area (TPSA) is 52.6 Å². The Morgan fingerprint density at radius 2 is 1.96 bits per heavy atom. The molecule has 0 unspecified atom stereocenters. The number of hydrogen-bond donors (Lipinski definition) is 1. The predicted molar refractivity (Wildman–Crippen MR) is 89.7 cm³/mol. The SMILES string of the molecule is CCN1CCN(C(=O)CCNC(=O)c2cc(F)ccc2Br)CC1. The van der Waals surface area contributed by atoms with E-state index in [0.29, 0.717) is 4.47 Å². The Morgan fingerprint density at radius 3 is 2.61 bits per heavy atom. The summed E-state index contributed by atoms with van der Waals surface area (Å²) < 4.78 is 13.7. The van der Waals surface area contributed by atoms with Crippen LogP contribution in [0.3, 0.4) is 0 Å². The summed E-state index contributed by atoms with van der Waals surface area (Å²) in [5.41, 5.74) is 0.231. The normalized spacial score (nSPS) is 15.5. The molecule has 2 amide bonds. The van der Waals surface area contributed by atoms with E-state index in [2.05, 4.69) is 33.1 Å². The van der Waals surface area contributed by atoms with Crippen molar-refractivity contribution < 1.29 is 14.0 Å². The van der Waals surface area contributed by atoms with Crippen LogP contribution in [0, 0.1) is 5.82 Å². The van der Waals surface area contributed by atoms with Crippen LogP contribution in [0.15, 0.2) is 22.7 Å². The third-order valence-electron chi connectivity index (χ3n) is 3.97. The molecule has 0 bridgehead atoms. The first-order valence-electron chi connectivity index (χ1n) is 7.74. The fraction of sp³-hybridized carbons (Fsp3) is 0.500. The second-order valence-corrected chi connectivity index (χ2v) is 6.30. The lowest BCUT2D eigenvalue weighted by molar-refractivity contribution is -0.132. The fourth-order valence-corrected chi connectivity index (χ4v) is 2.95. The molecule has 126 valence electrons. The smallest absolute Gasteiger partial charge is 0.252 e. The van der Waals surface area contributed by atoms with E-state index in [1.165, 1.54) is 18.2 Å². The minimum Gasteiger partial charge on any atom is -0.351 e. The van der Waals surface area contributed by atoms with E-state index in [0.717, 1.165) is 32.7 Å². The number of nitrogens with one attached hydrogen (secondary N) is 1. The van der Waals surface area contributed by atoms with E-state index < -0.39 is 5.82 Å². The van der Waals surface area contributed by atoms with Crippen LogP contribution in [0.4, 0.5) is 4.39 Å². The number of likely N-dealkylation sites (N-methyl/N-ethyl adjacent to an activating group) is 1. The van der Waals surface area contributed by atoms with Crippen molar-refractivity contribution in [3.05, 3.63) is 34.1 Å². The van der Waals surface area contributed by atoms with Gasteiger partial charge in [0.25, 0.3) is 5.91 Å². The standard InChI is InChI=1S/C16H21BrFN3O2/c1-2-20-7-9-21(10-8-20)15(22)5-6-19-16(23)13-11-12(18)3-4-14(13)17/h3-4,11H,2,5-10H2,1H3,(H,19,23). The van der Waals surface area contributed by atoms with Gasteiger partial charge in [-0.1, -0.05) is 6.92 Å². The molecule has 0 saturated carbocycles. The summed E-state index contributed by atoms with van der Waals surface area (Å²) in [6.45, 7) is 6.61. The molecule has 1 N–H and O–H groups in total. The number of carbonyl (C=O) groups is 2. The molecule has 1 aromatic rings. The molecule has 23 heavy (non-hydrogen) atoms. The van der Waals surface area contributed by atoms with Crippen LogP contribution < -0.4 is 5.32 Å². The van der Waals surface area contributed by atoms with Gasteiger partial charge in [-0.3, -0.25) is 9.59 Å². The lowest BCUT2D eigenvalue weighted by Crippen LogP contribution is -2.49. The molecule has 0 radical (unpaired) electrons. The van der Waals surface area contributed by atoms with Crippen molar-refractivity contribution in [2.24, 2.45) is 0 Å². The summed E-state index contributed by atoms with van der Waals surface area (Å²) in [6.07, 6.45) is 0.255. The highest BCUT2D eigenvalue weighted by Gasteiger charge is 2.20. The van der Waals surface area contributed by atoms with Gasteiger partial charge in [0.15, 0.2) is 0 Å². The van der Waals surface area contributed by atoms with Crippen molar-refractivity contribution in [2.45, 2.75) is 13.3 Å². The molecule has 1 aliphatic heterocycles. The molecular formula is C16H21BrFN3O2. The Bertz CT molecular complexity index is 574. The summed E-state index contributed by atoms with van der Waals surface area (Å²) >= 11 is 3.22. The molecule has 1 saturated heterocycles. The lowest BCUT2D eigenvalue weighted by atomic mass is 10.2. The van der Waals surface area contributed by atoms with Gasteiger partial charge in [-0.05, 0) is 40.7 Å². The second kappa shape index (κ2) is 8.40. The molecule has 1 heterocycles. The zero-order valence-corrected chi connectivity index (χ0v) is 14.7. The molecule has 0 aliphatic carbocycles. The molecule has 5 nitrogen and oxygen atoms in total. The Kier molecular flexibility index (Phi) is 6.53. The molecule has 0 spiro atoms. The first-order chi connectivity index (χ1) is 11.0. The average Bonchev–Trinajstić information content (AvgIpc) is 2.56. The number of carbonyl (C=O) groups excluding carboxylic acids is 2. The zero-order valence-electron chi connectivity index (χ0n) is 13.1. The van der Waals surface area contributed by atoms with Crippen LogP contribution in [0.1, 0.15) is 23.7 Å². The summed E-state index contributed by atoms with van der Waals surface area (Å²) in [5, 5.41) is 2.66. The van der Waals surface area contributed by atoms with Crippen LogP contribution in [-0.4, -0.2) is 60.9 Å². The van der Waals surface area contributed by atoms with Gasteiger partial charge in [0.05, 0.1) is 5.56 Å². The van der Waals surface area contributed by atoms with E-state index in [-0.39, 0.29) is 30.3 Å². The molecular weight excluding hydrogens is 365 g/mol. The third-order valence-corrected chi connectivity index (χ3v) is 4.66. The number of amides is 2. The van der Waals surface area contributed by atoms with E-state index in [4.69, 9.17) is 0 Å². The predicted octanol–water partition coefficient (Wildman–Crippen LogP) is 1.87. The molecule has 1 aliphatic rings. The maximum absolute atomic E-state index is 13.2. The Balaban J connectivity index is 1.77. The highest BCUT2D eigenvalue weighted by atomic mass is 79.9. The number of hydrogen-bond acceptors (Lipinski definition) is 3. The van der Waals surface area contributed by atoms with Gasteiger partial charge in [-0.25, -0.2) is 4.39 Å². The van der Waals surface area contributed by atoms with E-state index in [1.54, 1.807) is 0 Å². The number of halogens is 2. The molecule has 7 heteroatoms. The first kappa shape index (κ1) is 17.9. The number of benzene rings is 1. The van der Waals surface area contributed by atoms with Crippen molar-refractivity contribution >= 4 is 27.7 Å². The Morgan fingerprint density at radius 1 is 1.26 bits per heavy atom. The molecule has 0 aromatic heterocycles. The number of piperazine rings is 1. The summed E-state index contributed by atoms with van der Waals surface area (Å²) in [7, 11) is 0. The summed E-state index contributed by atoms with van der Waals surface area (Å²) in [5.74, 6) is -0.817. The average molecular weight is 386 g/mol. The quantitative estimate of drug-likeness (QED) is 0.841. The Labute approximate surface area is 144 Å². The third kappa shape index (κ3) is 5.00. The minimum atomic E-state index is -0.469. The Hall–Kier alpha value is -1.47. The minimum absolute atomic E-state index is 0.0411. The monoisotopic (exact) mass is 385 g/mol. The van der Waals surface area contributed by atoms with Crippen molar-refractivity contribution in [2.75, 3.05) is 39.3 Å². The van der Waals surface area contributed by atoms with Crippen LogP contribution in [-0.2, 0) is 4.79 Å². The highest BCUT2D eigenvalue weighted by molar-refractivity contribution is 9.10. The fourth-order valence-electron chi connectivity index (χ4n) is 2.52. The maximum Gasteiger partial charge on any atom is 0.252 e. The number of rotatable bonds is 5.